The molecule has 5 heteroatoms. The predicted molar refractivity (Wildman–Crippen MR) is 78.1 cm³/mol. The van der Waals surface area contributed by atoms with Gasteiger partial charge in [0.15, 0.2) is 0 Å². The van der Waals surface area contributed by atoms with Crippen molar-refractivity contribution in [3.63, 3.8) is 0 Å². The Hall–Kier alpha value is -1.75. The highest BCUT2D eigenvalue weighted by atomic mass is 16.6. The van der Waals surface area contributed by atoms with Crippen molar-refractivity contribution < 1.29 is 19.7 Å². The van der Waals surface area contributed by atoms with Crippen molar-refractivity contribution in [2.75, 3.05) is 11.9 Å². The van der Waals surface area contributed by atoms with E-state index in [1.165, 1.54) is 6.07 Å². The van der Waals surface area contributed by atoms with E-state index in [-0.39, 0.29) is 12.4 Å². The summed E-state index contributed by atoms with van der Waals surface area (Å²) in [7, 11) is 0. The average molecular weight is 281 g/mol. The number of phenolic OH excluding ortho intramolecular Hbond substituents is 1. The number of rotatable bonds is 3. The van der Waals surface area contributed by atoms with E-state index >= 15 is 0 Å². The lowest BCUT2D eigenvalue weighted by Crippen LogP contribution is -2.27. The first-order valence-electron chi connectivity index (χ1n) is 6.49. The fraction of sp³-hybridized carbons (Fsp3) is 0.533. The highest BCUT2D eigenvalue weighted by molar-refractivity contribution is 5.85. The zero-order valence-corrected chi connectivity index (χ0v) is 12.7. The third kappa shape index (κ3) is 4.42. The number of hydrogen-bond donors (Lipinski definition) is 3. The molecule has 20 heavy (non-hydrogen) atoms. The minimum absolute atomic E-state index is 0.0822. The standard InChI is InChI=1S/C15H23NO4/c1-14(2,3)20-13(19)16-10-6-7-12(18)11(8-10)15(4,5)9-17/h6-8,17-18H,9H2,1-5H3,(H,16,19). The van der Waals surface area contributed by atoms with E-state index in [0.29, 0.717) is 11.3 Å². The zero-order valence-electron chi connectivity index (χ0n) is 12.7. The first-order chi connectivity index (χ1) is 9.05. The number of nitrogens with one attached hydrogen (secondary N) is 1. The Balaban J connectivity index is 2.94. The molecule has 1 rings (SSSR count). The van der Waals surface area contributed by atoms with Crippen LogP contribution in [0.4, 0.5) is 10.5 Å². The van der Waals surface area contributed by atoms with Crippen LogP contribution in [0.15, 0.2) is 18.2 Å². The van der Waals surface area contributed by atoms with Gasteiger partial charge in [0, 0.05) is 16.7 Å². The molecule has 0 unspecified atom stereocenters. The average Bonchev–Trinajstić information content (AvgIpc) is 2.29. The van der Waals surface area contributed by atoms with Gasteiger partial charge in [-0.3, -0.25) is 5.32 Å². The molecule has 0 aliphatic rings. The molecule has 112 valence electrons. The molecular formula is C15H23NO4. The van der Waals surface area contributed by atoms with Gasteiger partial charge in [0.05, 0.1) is 6.61 Å². The molecule has 0 fully saturated rings. The number of hydrogen-bond acceptors (Lipinski definition) is 4. The van der Waals surface area contributed by atoms with Crippen LogP contribution in [0.1, 0.15) is 40.2 Å². The second kappa shape index (κ2) is 5.71. The second-order valence-corrected chi connectivity index (χ2v) is 6.40. The van der Waals surface area contributed by atoms with Crippen molar-refractivity contribution in [2.24, 2.45) is 0 Å². The Morgan fingerprint density at radius 3 is 2.35 bits per heavy atom. The summed E-state index contributed by atoms with van der Waals surface area (Å²) < 4.78 is 5.16. The van der Waals surface area contributed by atoms with Gasteiger partial charge in [0.1, 0.15) is 11.4 Å². The molecule has 0 saturated heterocycles. The van der Waals surface area contributed by atoms with Gasteiger partial charge in [-0.2, -0.15) is 0 Å². The van der Waals surface area contributed by atoms with Crippen LogP contribution in [0.5, 0.6) is 5.75 Å². The largest absolute Gasteiger partial charge is 0.508 e. The molecule has 0 aromatic heterocycles. The third-order valence-electron chi connectivity index (χ3n) is 2.77. The monoisotopic (exact) mass is 281 g/mol. The molecule has 5 nitrogen and oxygen atoms in total. The number of anilines is 1. The van der Waals surface area contributed by atoms with Crippen molar-refractivity contribution in [3.05, 3.63) is 23.8 Å². The SMILES string of the molecule is CC(C)(C)OC(=O)Nc1ccc(O)c(C(C)(C)CO)c1. The van der Waals surface area contributed by atoms with Crippen LogP contribution < -0.4 is 5.32 Å². The summed E-state index contributed by atoms with van der Waals surface area (Å²) in [5, 5.41) is 21.8. The first kappa shape index (κ1) is 16.3. The van der Waals surface area contributed by atoms with Crippen molar-refractivity contribution in [2.45, 2.75) is 45.6 Å². The number of aliphatic hydroxyl groups is 1. The first-order valence-corrected chi connectivity index (χ1v) is 6.49. The maximum absolute atomic E-state index is 11.7. The molecule has 0 atom stereocenters. The van der Waals surface area contributed by atoms with Gasteiger partial charge in [0.2, 0.25) is 0 Å². The Kier molecular flexibility index (Phi) is 4.65. The highest BCUT2D eigenvalue weighted by Gasteiger charge is 2.24. The Labute approximate surface area is 119 Å². The topological polar surface area (TPSA) is 78.8 Å². The molecule has 1 amide bonds. The maximum Gasteiger partial charge on any atom is 0.412 e. The van der Waals surface area contributed by atoms with Crippen molar-refractivity contribution >= 4 is 11.8 Å². The Bertz CT molecular complexity index is 489. The van der Waals surface area contributed by atoms with Crippen LogP contribution in [0.2, 0.25) is 0 Å². The van der Waals surface area contributed by atoms with Crippen LogP contribution in [-0.2, 0) is 10.2 Å². The maximum atomic E-state index is 11.7. The van der Waals surface area contributed by atoms with E-state index in [1.54, 1.807) is 46.8 Å². The lowest BCUT2D eigenvalue weighted by molar-refractivity contribution is 0.0636. The number of carbonyl (C=O) groups is 1. The van der Waals surface area contributed by atoms with Crippen LogP contribution in [0.25, 0.3) is 0 Å². The summed E-state index contributed by atoms with van der Waals surface area (Å²) >= 11 is 0. The van der Waals surface area contributed by atoms with Crippen LogP contribution >= 0.6 is 0 Å². The number of aliphatic hydroxyl groups excluding tert-OH is 1. The highest BCUT2D eigenvalue weighted by Crippen LogP contribution is 2.32. The number of aromatic hydroxyl groups is 1. The summed E-state index contributed by atoms with van der Waals surface area (Å²) in [6.07, 6.45) is -0.559. The number of benzene rings is 1. The van der Waals surface area contributed by atoms with E-state index in [2.05, 4.69) is 5.32 Å². The Morgan fingerprint density at radius 2 is 1.85 bits per heavy atom. The molecule has 0 radical (unpaired) electrons. The minimum atomic E-state index is -0.601. The van der Waals surface area contributed by atoms with E-state index in [1.807, 2.05) is 0 Å². The molecule has 0 aliphatic carbocycles. The van der Waals surface area contributed by atoms with Gasteiger partial charge < -0.3 is 14.9 Å². The molecule has 1 aromatic rings. The summed E-state index contributed by atoms with van der Waals surface area (Å²) in [6, 6.07) is 4.70. The van der Waals surface area contributed by atoms with Crippen molar-refractivity contribution in [3.8, 4) is 5.75 Å². The second-order valence-electron chi connectivity index (χ2n) is 6.40. The third-order valence-corrected chi connectivity index (χ3v) is 2.77. The summed E-state index contributed by atoms with van der Waals surface area (Å²) in [5.41, 5.74) is -0.105. The molecular weight excluding hydrogens is 258 g/mol. The predicted octanol–water partition coefficient (Wildman–Crippen LogP) is 3.01. The number of carbonyl (C=O) groups excluding carboxylic acids is 1. The van der Waals surface area contributed by atoms with Gasteiger partial charge in [-0.15, -0.1) is 0 Å². The molecule has 0 heterocycles. The van der Waals surface area contributed by atoms with E-state index in [9.17, 15) is 15.0 Å². The summed E-state index contributed by atoms with van der Waals surface area (Å²) in [5.74, 6) is 0.0822. The Morgan fingerprint density at radius 1 is 1.25 bits per heavy atom. The van der Waals surface area contributed by atoms with E-state index < -0.39 is 17.1 Å². The smallest absolute Gasteiger partial charge is 0.412 e. The van der Waals surface area contributed by atoms with Crippen molar-refractivity contribution in [1.82, 2.24) is 0 Å². The van der Waals surface area contributed by atoms with Crippen LogP contribution in [-0.4, -0.2) is 28.5 Å². The molecule has 1 aromatic carbocycles. The minimum Gasteiger partial charge on any atom is -0.508 e. The number of phenols is 1. The molecule has 0 spiro atoms. The van der Waals surface area contributed by atoms with Gasteiger partial charge in [-0.05, 0) is 39.0 Å². The summed E-state index contributed by atoms with van der Waals surface area (Å²) in [6.45, 7) is 8.84. The lowest BCUT2D eigenvalue weighted by Gasteiger charge is -2.24. The van der Waals surface area contributed by atoms with Gasteiger partial charge in [0.25, 0.3) is 0 Å². The fourth-order valence-corrected chi connectivity index (χ4v) is 1.66. The quantitative estimate of drug-likeness (QED) is 0.744. The fourth-order valence-electron chi connectivity index (χ4n) is 1.66. The lowest BCUT2D eigenvalue weighted by atomic mass is 9.84. The zero-order chi connectivity index (χ0) is 15.6. The van der Waals surface area contributed by atoms with Crippen molar-refractivity contribution in [1.29, 1.82) is 0 Å². The normalized spacial score (nSPS) is 12.1. The van der Waals surface area contributed by atoms with Crippen LogP contribution in [0.3, 0.4) is 0 Å². The summed E-state index contributed by atoms with van der Waals surface area (Å²) in [4.78, 5) is 11.7. The van der Waals surface area contributed by atoms with Gasteiger partial charge >= 0.3 is 6.09 Å². The number of ether oxygens (including phenoxy) is 1. The van der Waals surface area contributed by atoms with Crippen LogP contribution in [0, 0.1) is 0 Å². The molecule has 0 saturated carbocycles. The molecule has 0 bridgehead atoms. The van der Waals surface area contributed by atoms with Gasteiger partial charge in [-0.1, -0.05) is 13.8 Å². The van der Waals surface area contributed by atoms with E-state index in [4.69, 9.17) is 4.74 Å². The number of amides is 1. The van der Waals surface area contributed by atoms with Gasteiger partial charge in [-0.25, -0.2) is 4.79 Å². The van der Waals surface area contributed by atoms with E-state index in [0.717, 1.165) is 0 Å². The molecule has 3 N–H and O–H groups in total. The molecule has 0 aliphatic heterocycles.